The zero-order chi connectivity index (χ0) is 14.5. The van der Waals surface area contributed by atoms with Crippen molar-refractivity contribution in [3.05, 3.63) is 35.9 Å². The molecule has 6 heteroatoms. The summed E-state index contributed by atoms with van der Waals surface area (Å²) >= 11 is 0. The molecule has 3 nitrogen and oxygen atoms in total. The zero-order valence-corrected chi connectivity index (χ0v) is 10.4. The fourth-order valence-corrected chi connectivity index (χ4v) is 1.67. The fourth-order valence-electron chi connectivity index (χ4n) is 1.67. The largest absolute Gasteiger partial charge is 0.466 e. The molecule has 0 aliphatic rings. The van der Waals surface area contributed by atoms with Crippen molar-refractivity contribution >= 4 is 5.97 Å². The van der Waals surface area contributed by atoms with Crippen molar-refractivity contribution in [2.45, 2.75) is 25.6 Å². The molecule has 0 heterocycles. The Kier molecular flexibility index (Phi) is 5.35. The lowest BCUT2D eigenvalue weighted by Gasteiger charge is -2.23. The van der Waals surface area contributed by atoms with Crippen LogP contribution in [0.2, 0.25) is 0 Å². The van der Waals surface area contributed by atoms with Crippen molar-refractivity contribution in [1.82, 2.24) is 0 Å². The van der Waals surface area contributed by atoms with E-state index in [1.807, 2.05) is 0 Å². The topological polar surface area (TPSA) is 46.5 Å². The highest BCUT2D eigenvalue weighted by Gasteiger charge is 2.46. The van der Waals surface area contributed by atoms with E-state index < -0.39 is 24.2 Å². The molecule has 0 saturated carbocycles. The lowest BCUT2D eigenvalue weighted by Crippen LogP contribution is -2.42. The molecule has 0 spiro atoms. The molecule has 2 unspecified atom stereocenters. The Labute approximate surface area is 109 Å². The molecule has 0 aromatic heterocycles. The number of esters is 1. The standard InChI is InChI=1S/C13H15F3O3/c1-2-19-12(18)10(11(17)13(14,15)16)8-9-6-4-3-5-7-9/h3-7,10-11,17H,2,8H2,1H3. The van der Waals surface area contributed by atoms with Crippen molar-refractivity contribution < 1.29 is 27.8 Å². The van der Waals surface area contributed by atoms with E-state index in [-0.39, 0.29) is 13.0 Å². The van der Waals surface area contributed by atoms with Crippen LogP contribution in [0, 0.1) is 5.92 Å². The van der Waals surface area contributed by atoms with E-state index in [2.05, 4.69) is 4.74 Å². The summed E-state index contributed by atoms with van der Waals surface area (Å²) in [6, 6.07) is 8.20. The van der Waals surface area contributed by atoms with Crippen LogP contribution >= 0.6 is 0 Å². The Hall–Kier alpha value is -1.56. The van der Waals surface area contributed by atoms with E-state index in [9.17, 15) is 23.1 Å². The molecule has 1 aromatic rings. The third-order valence-electron chi connectivity index (χ3n) is 2.60. The van der Waals surface area contributed by atoms with Crippen LogP contribution in [0.15, 0.2) is 30.3 Å². The molecular weight excluding hydrogens is 261 g/mol. The molecule has 1 N–H and O–H groups in total. The highest BCUT2D eigenvalue weighted by molar-refractivity contribution is 5.73. The Balaban J connectivity index is 2.90. The average molecular weight is 276 g/mol. The normalized spacial score (nSPS) is 14.8. The molecule has 2 atom stereocenters. The first-order chi connectivity index (χ1) is 8.86. The van der Waals surface area contributed by atoms with E-state index in [4.69, 9.17) is 0 Å². The summed E-state index contributed by atoms with van der Waals surface area (Å²) < 4.78 is 42.2. The van der Waals surface area contributed by atoms with Crippen molar-refractivity contribution in [2.24, 2.45) is 5.92 Å². The van der Waals surface area contributed by atoms with Crippen LogP contribution in [0.25, 0.3) is 0 Å². The second-order valence-corrected chi connectivity index (χ2v) is 4.03. The van der Waals surface area contributed by atoms with Crippen LogP contribution in [0.1, 0.15) is 12.5 Å². The summed E-state index contributed by atoms with van der Waals surface area (Å²) in [4.78, 5) is 11.6. The summed E-state index contributed by atoms with van der Waals surface area (Å²) in [5.74, 6) is -2.70. The molecule has 0 amide bonds. The van der Waals surface area contributed by atoms with Crippen molar-refractivity contribution in [2.75, 3.05) is 6.61 Å². The first kappa shape index (κ1) is 15.5. The predicted octanol–water partition coefficient (Wildman–Crippen LogP) is 2.33. The minimum absolute atomic E-state index is 0.0330. The molecule has 1 rings (SSSR count). The number of rotatable bonds is 5. The Morgan fingerprint density at radius 3 is 2.37 bits per heavy atom. The van der Waals surface area contributed by atoms with E-state index in [0.717, 1.165) is 0 Å². The van der Waals surface area contributed by atoms with Gasteiger partial charge in [0, 0.05) is 0 Å². The number of aliphatic hydroxyl groups is 1. The van der Waals surface area contributed by atoms with E-state index in [1.54, 1.807) is 30.3 Å². The van der Waals surface area contributed by atoms with Crippen LogP contribution < -0.4 is 0 Å². The van der Waals surface area contributed by atoms with Crippen molar-refractivity contribution in [1.29, 1.82) is 0 Å². The molecule has 0 aliphatic carbocycles. The van der Waals surface area contributed by atoms with Gasteiger partial charge in [-0.25, -0.2) is 0 Å². The molecule has 1 aromatic carbocycles. The summed E-state index contributed by atoms with van der Waals surface area (Å²) in [6.07, 6.45) is -7.81. The first-order valence-corrected chi connectivity index (χ1v) is 5.81. The van der Waals surface area contributed by atoms with Crippen LogP contribution in [0.4, 0.5) is 13.2 Å². The number of halogens is 3. The molecular formula is C13H15F3O3. The number of carbonyl (C=O) groups is 1. The van der Waals surface area contributed by atoms with Crippen LogP contribution in [0.3, 0.4) is 0 Å². The second kappa shape index (κ2) is 6.56. The van der Waals surface area contributed by atoms with Gasteiger partial charge in [0.25, 0.3) is 0 Å². The van der Waals surface area contributed by atoms with Gasteiger partial charge in [-0.15, -0.1) is 0 Å². The molecule has 0 bridgehead atoms. The van der Waals surface area contributed by atoms with Gasteiger partial charge in [0.2, 0.25) is 0 Å². The molecule has 0 aliphatic heterocycles. The van der Waals surface area contributed by atoms with Gasteiger partial charge in [0.15, 0.2) is 6.10 Å². The molecule has 0 fully saturated rings. The van der Waals surface area contributed by atoms with E-state index in [0.29, 0.717) is 5.56 Å². The highest BCUT2D eigenvalue weighted by atomic mass is 19.4. The number of hydrogen-bond donors (Lipinski definition) is 1. The molecule has 106 valence electrons. The fraction of sp³-hybridized carbons (Fsp3) is 0.462. The van der Waals surface area contributed by atoms with Gasteiger partial charge < -0.3 is 9.84 Å². The Bertz CT molecular complexity index is 403. The van der Waals surface area contributed by atoms with Gasteiger partial charge in [-0.3, -0.25) is 4.79 Å². The van der Waals surface area contributed by atoms with Crippen LogP contribution in [0.5, 0.6) is 0 Å². The lowest BCUT2D eigenvalue weighted by molar-refractivity contribution is -0.223. The van der Waals surface area contributed by atoms with E-state index >= 15 is 0 Å². The minimum Gasteiger partial charge on any atom is -0.466 e. The van der Waals surface area contributed by atoms with Gasteiger partial charge in [-0.2, -0.15) is 13.2 Å². The molecule has 0 saturated heterocycles. The highest BCUT2D eigenvalue weighted by Crippen LogP contribution is 2.28. The maximum Gasteiger partial charge on any atom is 0.415 e. The van der Waals surface area contributed by atoms with Crippen molar-refractivity contribution in [3.63, 3.8) is 0 Å². The Morgan fingerprint density at radius 1 is 1.32 bits per heavy atom. The quantitative estimate of drug-likeness (QED) is 0.840. The maximum atomic E-state index is 12.5. The summed E-state index contributed by atoms with van der Waals surface area (Å²) in [5, 5.41) is 9.28. The Morgan fingerprint density at radius 2 is 1.89 bits per heavy atom. The van der Waals surface area contributed by atoms with Gasteiger partial charge >= 0.3 is 12.1 Å². The third-order valence-corrected chi connectivity index (χ3v) is 2.60. The number of aliphatic hydroxyl groups excluding tert-OH is 1. The predicted molar refractivity (Wildman–Crippen MR) is 62.3 cm³/mol. The SMILES string of the molecule is CCOC(=O)C(Cc1ccccc1)C(O)C(F)(F)F. The summed E-state index contributed by atoms with van der Waals surface area (Å²) in [5.41, 5.74) is 0.531. The molecule has 19 heavy (non-hydrogen) atoms. The number of carbonyl (C=O) groups excluding carboxylic acids is 1. The van der Waals surface area contributed by atoms with Gasteiger partial charge in [-0.1, -0.05) is 30.3 Å². The number of hydrogen-bond acceptors (Lipinski definition) is 3. The minimum atomic E-state index is -4.85. The van der Waals surface area contributed by atoms with Gasteiger partial charge in [-0.05, 0) is 18.9 Å². The lowest BCUT2D eigenvalue weighted by atomic mass is 9.93. The average Bonchev–Trinajstić information content (AvgIpc) is 2.35. The summed E-state index contributed by atoms with van der Waals surface area (Å²) in [6.45, 7) is 1.46. The second-order valence-electron chi connectivity index (χ2n) is 4.03. The van der Waals surface area contributed by atoms with Crippen molar-refractivity contribution in [3.8, 4) is 0 Å². The smallest absolute Gasteiger partial charge is 0.415 e. The van der Waals surface area contributed by atoms with Crippen LogP contribution in [-0.4, -0.2) is 30.0 Å². The zero-order valence-electron chi connectivity index (χ0n) is 10.4. The first-order valence-electron chi connectivity index (χ1n) is 5.81. The number of alkyl halides is 3. The number of benzene rings is 1. The van der Waals surface area contributed by atoms with Gasteiger partial charge in [0.1, 0.15) is 0 Å². The van der Waals surface area contributed by atoms with Gasteiger partial charge in [0.05, 0.1) is 12.5 Å². The number of ether oxygens (including phenoxy) is 1. The van der Waals surface area contributed by atoms with E-state index in [1.165, 1.54) is 6.92 Å². The monoisotopic (exact) mass is 276 g/mol. The maximum absolute atomic E-state index is 12.5. The summed E-state index contributed by atoms with van der Waals surface area (Å²) in [7, 11) is 0. The van der Waals surface area contributed by atoms with Crippen LogP contribution in [-0.2, 0) is 16.0 Å². The molecule has 0 radical (unpaired) electrons. The third kappa shape index (κ3) is 4.55.